The number of hydrogen-bond donors (Lipinski definition) is 0. The maximum absolute atomic E-state index is 14.0. The van der Waals surface area contributed by atoms with Crippen LogP contribution in [0.1, 0.15) is 18.4 Å². The number of carbonyl (C=O) groups is 1. The van der Waals surface area contributed by atoms with Gasteiger partial charge in [-0.15, -0.1) is 0 Å². The monoisotopic (exact) mass is 467 g/mol. The first-order valence-corrected chi connectivity index (χ1v) is 12.4. The van der Waals surface area contributed by atoms with Gasteiger partial charge in [0, 0.05) is 44.2 Å². The van der Waals surface area contributed by atoms with Crippen LogP contribution in [0.15, 0.2) is 42.5 Å². The van der Waals surface area contributed by atoms with E-state index in [1.807, 2.05) is 11.8 Å². The highest BCUT2D eigenvalue weighted by atomic mass is 35.5. The summed E-state index contributed by atoms with van der Waals surface area (Å²) in [5.41, 5.74) is 1.88. The molecule has 1 aliphatic rings. The van der Waals surface area contributed by atoms with Crippen molar-refractivity contribution in [1.82, 2.24) is 4.90 Å². The number of halogens is 2. The van der Waals surface area contributed by atoms with Crippen LogP contribution in [0.25, 0.3) is 0 Å². The van der Waals surface area contributed by atoms with Gasteiger partial charge in [-0.1, -0.05) is 29.8 Å². The van der Waals surface area contributed by atoms with Crippen LogP contribution >= 0.6 is 11.6 Å². The van der Waals surface area contributed by atoms with Gasteiger partial charge >= 0.3 is 0 Å². The number of para-hydroxylation sites is 1. The summed E-state index contributed by atoms with van der Waals surface area (Å²) in [7, 11) is -3.51. The molecule has 9 heteroatoms. The Bertz CT molecular complexity index is 1040. The van der Waals surface area contributed by atoms with Crippen molar-refractivity contribution in [1.29, 1.82) is 0 Å². The molecule has 1 aliphatic heterocycles. The molecular weight excluding hydrogens is 441 g/mol. The first kappa shape index (κ1) is 23.3. The predicted molar refractivity (Wildman–Crippen MR) is 123 cm³/mol. The van der Waals surface area contributed by atoms with Crippen LogP contribution < -0.4 is 9.21 Å². The lowest BCUT2D eigenvalue weighted by Gasteiger charge is -2.36. The van der Waals surface area contributed by atoms with E-state index in [1.54, 1.807) is 41.3 Å². The number of amides is 1. The van der Waals surface area contributed by atoms with Crippen LogP contribution in [0.4, 0.5) is 15.8 Å². The molecule has 6 nitrogen and oxygen atoms in total. The second-order valence-electron chi connectivity index (χ2n) is 7.69. The fourth-order valence-electron chi connectivity index (χ4n) is 3.75. The fourth-order valence-corrected chi connectivity index (χ4v) is 4.93. The minimum Gasteiger partial charge on any atom is -0.366 e. The van der Waals surface area contributed by atoms with Crippen LogP contribution in [0.2, 0.25) is 5.02 Å². The van der Waals surface area contributed by atoms with Crippen molar-refractivity contribution in [2.45, 2.75) is 19.8 Å². The smallest absolute Gasteiger partial charge is 0.232 e. The Hall–Kier alpha value is -2.32. The van der Waals surface area contributed by atoms with Crippen LogP contribution in [0, 0.1) is 12.7 Å². The number of anilines is 2. The predicted octanol–water partition coefficient (Wildman–Crippen LogP) is 3.68. The highest BCUT2D eigenvalue weighted by Crippen LogP contribution is 2.27. The molecule has 1 heterocycles. The molecule has 0 radical (unpaired) electrons. The number of piperazine rings is 1. The van der Waals surface area contributed by atoms with Gasteiger partial charge in [0.05, 0.1) is 17.6 Å². The zero-order valence-electron chi connectivity index (χ0n) is 17.7. The summed E-state index contributed by atoms with van der Waals surface area (Å²) in [5, 5.41) is 0.457. The molecule has 0 spiro atoms. The average Bonchev–Trinajstić information content (AvgIpc) is 2.73. The van der Waals surface area contributed by atoms with Crippen molar-refractivity contribution < 1.29 is 17.6 Å². The molecule has 1 amide bonds. The van der Waals surface area contributed by atoms with Gasteiger partial charge in [0.25, 0.3) is 0 Å². The Kier molecular flexibility index (Phi) is 7.43. The van der Waals surface area contributed by atoms with Crippen LogP contribution in [0.5, 0.6) is 0 Å². The molecule has 31 heavy (non-hydrogen) atoms. The zero-order valence-corrected chi connectivity index (χ0v) is 19.3. The normalized spacial score (nSPS) is 14.6. The minimum absolute atomic E-state index is 0.0237. The van der Waals surface area contributed by atoms with Crippen LogP contribution in [-0.2, 0) is 14.8 Å². The van der Waals surface area contributed by atoms with E-state index in [1.165, 1.54) is 10.4 Å². The average molecular weight is 468 g/mol. The zero-order chi connectivity index (χ0) is 22.6. The highest BCUT2D eigenvalue weighted by Gasteiger charge is 2.24. The fraction of sp³-hybridized carbons (Fsp3) is 0.409. The Morgan fingerprint density at radius 3 is 2.45 bits per heavy atom. The van der Waals surface area contributed by atoms with Crippen molar-refractivity contribution in [2.75, 3.05) is 48.2 Å². The first-order valence-electron chi connectivity index (χ1n) is 10.2. The van der Waals surface area contributed by atoms with E-state index in [2.05, 4.69) is 0 Å². The molecule has 0 aromatic heterocycles. The molecule has 1 saturated heterocycles. The van der Waals surface area contributed by atoms with Crippen molar-refractivity contribution in [3.63, 3.8) is 0 Å². The third-order valence-electron chi connectivity index (χ3n) is 5.42. The summed E-state index contributed by atoms with van der Waals surface area (Å²) in [6.45, 7) is 4.16. The standard InChI is InChI=1S/C22H27ClFN3O3S/c1-17-9-10-18(23)16-21(17)27(31(2,29)30)11-5-8-22(28)26-14-12-25(13-15-26)20-7-4-3-6-19(20)24/h3-4,6-7,9-10,16H,5,8,11-15H2,1-2H3. The molecule has 0 bridgehead atoms. The second-order valence-corrected chi connectivity index (χ2v) is 10.0. The van der Waals surface area contributed by atoms with E-state index in [0.717, 1.165) is 11.8 Å². The number of sulfonamides is 1. The summed E-state index contributed by atoms with van der Waals surface area (Å²) >= 11 is 6.05. The Labute approximate surface area is 188 Å². The third-order valence-corrected chi connectivity index (χ3v) is 6.83. The maximum atomic E-state index is 14.0. The van der Waals surface area contributed by atoms with Gasteiger partial charge in [-0.2, -0.15) is 0 Å². The number of rotatable bonds is 7. The third kappa shape index (κ3) is 5.89. The lowest BCUT2D eigenvalue weighted by atomic mass is 10.2. The second kappa shape index (κ2) is 9.87. The van der Waals surface area contributed by atoms with Crippen molar-refractivity contribution >= 4 is 38.9 Å². The van der Waals surface area contributed by atoms with E-state index in [9.17, 15) is 17.6 Å². The van der Waals surface area contributed by atoms with Gasteiger partial charge < -0.3 is 9.80 Å². The largest absolute Gasteiger partial charge is 0.366 e. The van der Waals surface area contributed by atoms with Gasteiger partial charge in [-0.05, 0) is 43.2 Å². The SMILES string of the molecule is Cc1ccc(Cl)cc1N(CCCC(=O)N1CCN(c2ccccc2F)CC1)S(C)(=O)=O. The van der Waals surface area contributed by atoms with E-state index in [0.29, 0.717) is 49.0 Å². The molecule has 168 valence electrons. The van der Waals surface area contributed by atoms with E-state index < -0.39 is 10.0 Å². The summed E-state index contributed by atoms with van der Waals surface area (Å²) in [5.74, 6) is -0.288. The summed E-state index contributed by atoms with van der Waals surface area (Å²) in [6, 6.07) is 11.7. The summed E-state index contributed by atoms with van der Waals surface area (Å²) in [6.07, 6.45) is 1.79. The Balaban J connectivity index is 1.55. The molecule has 2 aromatic rings. The molecule has 2 aromatic carbocycles. The topological polar surface area (TPSA) is 60.9 Å². The maximum Gasteiger partial charge on any atom is 0.232 e. The lowest BCUT2D eigenvalue weighted by molar-refractivity contribution is -0.131. The van der Waals surface area contributed by atoms with Crippen LogP contribution in [-0.4, -0.2) is 58.2 Å². The van der Waals surface area contributed by atoms with Crippen molar-refractivity contribution in [3.05, 3.63) is 58.9 Å². The number of benzene rings is 2. The molecule has 0 aliphatic carbocycles. The molecule has 0 unspecified atom stereocenters. The Morgan fingerprint density at radius 2 is 1.81 bits per heavy atom. The van der Waals surface area contributed by atoms with Crippen LogP contribution in [0.3, 0.4) is 0 Å². The first-order chi connectivity index (χ1) is 14.7. The molecule has 3 rings (SSSR count). The molecule has 0 saturated carbocycles. The molecule has 1 fully saturated rings. The van der Waals surface area contributed by atoms with Gasteiger partial charge in [0.2, 0.25) is 15.9 Å². The van der Waals surface area contributed by atoms with E-state index in [4.69, 9.17) is 11.6 Å². The van der Waals surface area contributed by atoms with Crippen molar-refractivity contribution in [2.24, 2.45) is 0 Å². The minimum atomic E-state index is -3.51. The molecule has 0 N–H and O–H groups in total. The Morgan fingerprint density at radius 1 is 1.13 bits per heavy atom. The van der Waals surface area contributed by atoms with Gasteiger partial charge in [0.1, 0.15) is 5.82 Å². The molecule has 0 atom stereocenters. The molecular formula is C22H27ClFN3O3S. The summed E-state index contributed by atoms with van der Waals surface area (Å²) in [4.78, 5) is 16.3. The van der Waals surface area contributed by atoms with E-state index in [-0.39, 0.29) is 24.7 Å². The number of nitrogens with zero attached hydrogens (tertiary/aromatic N) is 3. The quantitative estimate of drug-likeness (QED) is 0.623. The number of hydrogen-bond acceptors (Lipinski definition) is 4. The summed E-state index contributed by atoms with van der Waals surface area (Å²) < 4.78 is 39.9. The number of aryl methyl sites for hydroxylation is 1. The van der Waals surface area contributed by atoms with Gasteiger partial charge in [-0.25, -0.2) is 12.8 Å². The van der Waals surface area contributed by atoms with Crippen molar-refractivity contribution in [3.8, 4) is 0 Å². The van der Waals surface area contributed by atoms with Gasteiger partial charge in [-0.3, -0.25) is 9.10 Å². The van der Waals surface area contributed by atoms with E-state index >= 15 is 0 Å². The lowest BCUT2D eigenvalue weighted by Crippen LogP contribution is -2.49. The highest BCUT2D eigenvalue weighted by molar-refractivity contribution is 7.92. The number of carbonyl (C=O) groups excluding carboxylic acids is 1. The van der Waals surface area contributed by atoms with Gasteiger partial charge in [0.15, 0.2) is 0 Å².